The van der Waals surface area contributed by atoms with Crippen LogP contribution in [0.5, 0.6) is 0 Å². The summed E-state index contributed by atoms with van der Waals surface area (Å²) in [4.78, 5) is 27.3. The van der Waals surface area contributed by atoms with Crippen molar-refractivity contribution in [3.8, 4) is 0 Å². The monoisotopic (exact) mass is 326 g/mol. The number of benzene rings is 1. The third kappa shape index (κ3) is 5.08. The summed E-state index contributed by atoms with van der Waals surface area (Å²) in [7, 11) is 0. The normalized spacial score (nSPS) is 10.8. The van der Waals surface area contributed by atoms with E-state index in [1.807, 2.05) is 45.0 Å². The molecule has 3 N–H and O–H groups in total. The van der Waals surface area contributed by atoms with E-state index in [4.69, 9.17) is 0 Å². The molecule has 2 aromatic rings. The average Bonchev–Trinajstić information content (AvgIpc) is 2.48. The Kier molecular flexibility index (Phi) is 5.18. The van der Waals surface area contributed by atoms with E-state index in [0.717, 1.165) is 5.69 Å². The number of hydrogen-bond donors (Lipinski definition) is 3. The number of aromatic nitrogens is 1. The Morgan fingerprint density at radius 3 is 2.25 bits per heavy atom. The van der Waals surface area contributed by atoms with Crippen molar-refractivity contribution in [2.45, 2.75) is 27.7 Å². The topological polar surface area (TPSA) is 83.1 Å². The van der Waals surface area contributed by atoms with Gasteiger partial charge in [0.1, 0.15) is 5.82 Å². The fourth-order valence-electron chi connectivity index (χ4n) is 1.89. The van der Waals surface area contributed by atoms with Crippen molar-refractivity contribution >= 4 is 34.7 Å². The first-order chi connectivity index (χ1) is 11.2. The van der Waals surface area contributed by atoms with Crippen LogP contribution in [0.15, 0.2) is 42.6 Å². The van der Waals surface area contributed by atoms with Crippen molar-refractivity contribution in [2.24, 2.45) is 5.41 Å². The summed E-state index contributed by atoms with van der Waals surface area (Å²) in [6.07, 6.45) is 1.60. The molecule has 0 aliphatic rings. The predicted molar refractivity (Wildman–Crippen MR) is 96.4 cm³/mol. The second-order valence-electron chi connectivity index (χ2n) is 6.52. The van der Waals surface area contributed by atoms with Crippen LogP contribution < -0.4 is 16.0 Å². The van der Waals surface area contributed by atoms with Gasteiger partial charge in [-0.15, -0.1) is 0 Å². The molecule has 0 saturated carbocycles. The van der Waals surface area contributed by atoms with Gasteiger partial charge in [-0.2, -0.15) is 0 Å². The summed E-state index contributed by atoms with van der Waals surface area (Å²) in [6.45, 7) is 7.03. The average molecular weight is 326 g/mol. The Labute approximate surface area is 141 Å². The number of nitrogens with zero attached hydrogens (tertiary/aromatic N) is 1. The molecule has 24 heavy (non-hydrogen) atoms. The summed E-state index contributed by atoms with van der Waals surface area (Å²) in [5, 5.41) is 8.71. The highest BCUT2D eigenvalue weighted by molar-refractivity contribution is 5.94. The largest absolute Gasteiger partial charge is 0.340 e. The molecule has 0 atom stereocenters. The molecular formula is C18H22N4O2. The summed E-state index contributed by atoms with van der Waals surface area (Å²) in [5.41, 5.74) is 1.70. The molecule has 0 radical (unpaired) electrons. The SMILES string of the molecule is CC(=O)Nc1cccc(Nc2ccc(NC(=O)C(C)(C)C)cn2)c1. The van der Waals surface area contributed by atoms with E-state index < -0.39 is 5.41 Å². The van der Waals surface area contributed by atoms with Gasteiger partial charge in [-0.1, -0.05) is 26.8 Å². The lowest BCUT2D eigenvalue weighted by Gasteiger charge is -2.17. The molecule has 0 spiro atoms. The molecule has 1 aromatic heterocycles. The molecule has 126 valence electrons. The molecule has 6 heteroatoms. The van der Waals surface area contributed by atoms with Crippen molar-refractivity contribution < 1.29 is 9.59 Å². The Bertz CT molecular complexity index is 733. The molecule has 0 saturated heterocycles. The van der Waals surface area contributed by atoms with Crippen LogP contribution in [0.3, 0.4) is 0 Å². The number of nitrogens with one attached hydrogen (secondary N) is 3. The third-order valence-corrected chi connectivity index (χ3v) is 3.16. The summed E-state index contributed by atoms with van der Waals surface area (Å²) in [6, 6.07) is 10.9. The number of carbonyl (C=O) groups excluding carboxylic acids is 2. The Hall–Kier alpha value is -2.89. The molecule has 2 amide bonds. The first-order valence-corrected chi connectivity index (χ1v) is 7.66. The number of anilines is 4. The van der Waals surface area contributed by atoms with E-state index in [1.165, 1.54) is 6.92 Å². The molecule has 6 nitrogen and oxygen atoms in total. The summed E-state index contributed by atoms with van der Waals surface area (Å²) < 4.78 is 0. The second kappa shape index (κ2) is 7.12. The van der Waals surface area contributed by atoms with Gasteiger partial charge in [0, 0.05) is 23.7 Å². The Morgan fingerprint density at radius 2 is 1.67 bits per heavy atom. The highest BCUT2D eigenvalue weighted by Crippen LogP contribution is 2.21. The lowest BCUT2D eigenvalue weighted by atomic mass is 9.96. The van der Waals surface area contributed by atoms with Crippen LogP contribution in [0.1, 0.15) is 27.7 Å². The first-order valence-electron chi connectivity index (χ1n) is 7.66. The Balaban J connectivity index is 2.04. The van der Waals surface area contributed by atoms with Gasteiger partial charge in [-0.25, -0.2) is 4.98 Å². The number of carbonyl (C=O) groups is 2. The minimum atomic E-state index is -0.457. The molecule has 0 fully saturated rings. The zero-order chi connectivity index (χ0) is 17.7. The number of pyridine rings is 1. The third-order valence-electron chi connectivity index (χ3n) is 3.16. The van der Waals surface area contributed by atoms with Crippen molar-refractivity contribution in [1.29, 1.82) is 0 Å². The van der Waals surface area contributed by atoms with Crippen molar-refractivity contribution in [3.05, 3.63) is 42.6 Å². The maximum atomic E-state index is 11.9. The van der Waals surface area contributed by atoms with Gasteiger partial charge in [-0.05, 0) is 30.3 Å². The van der Waals surface area contributed by atoms with Crippen molar-refractivity contribution in [2.75, 3.05) is 16.0 Å². The fraction of sp³-hybridized carbons (Fsp3) is 0.278. The van der Waals surface area contributed by atoms with E-state index in [9.17, 15) is 9.59 Å². The van der Waals surface area contributed by atoms with Crippen molar-refractivity contribution in [3.63, 3.8) is 0 Å². The van der Waals surface area contributed by atoms with Gasteiger partial charge in [0.15, 0.2) is 0 Å². The smallest absolute Gasteiger partial charge is 0.229 e. The Morgan fingerprint density at radius 1 is 0.958 bits per heavy atom. The highest BCUT2D eigenvalue weighted by atomic mass is 16.2. The highest BCUT2D eigenvalue weighted by Gasteiger charge is 2.21. The van der Waals surface area contributed by atoms with Crippen LogP contribution in [-0.2, 0) is 9.59 Å². The standard InChI is InChI=1S/C18H22N4O2/c1-12(23)20-13-6-5-7-14(10-13)21-16-9-8-15(11-19-16)22-17(24)18(2,3)4/h5-11H,1-4H3,(H,19,21)(H,20,23)(H,22,24). The summed E-state index contributed by atoms with van der Waals surface area (Å²) in [5.74, 6) is 0.459. The maximum absolute atomic E-state index is 11.9. The molecule has 0 aliphatic carbocycles. The summed E-state index contributed by atoms with van der Waals surface area (Å²) >= 11 is 0. The molecule has 1 heterocycles. The van der Waals surface area contributed by atoms with Crippen LogP contribution >= 0.6 is 0 Å². The number of rotatable bonds is 4. The number of amides is 2. The minimum Gasteiger partial charge on any atom is -0.340 e. The molecule has 0 aliphatic heterocycles. The first kappa shape index (κ1) is 17.5. The van der Waals surface area contributed by atoms with E-state index >= 15 is 0 Å². The zero-order valence-electron chi connectivity index (χ0n) is 14.3. The van der Waals surface area contributed by atoms with Crippen LogP contribution in [0.25, 0.3) is 0 Å². The van der Waals surface area contributed by atoms with E-state index in [1.54, 1.807) is 18.3 Å². The van der Waals surface area contributed by atoms with Crippen LogP contribution in [0.2, 0.25) is 0 Å². The van der Waals surface area contributed by atoms with Crippen LogP contribution in [-0.4, -0.2) is 16.8 Å². The van der Waals surface area contributed by atoms with Crippen LogP contribution in [0.4, 0.5) is 22.9 Å². The lowest BCUT2D eigenvalue weighted by Crippen LogP contribution is -2.27. The quantitative estimate of drug-likeness (QED) is 0.798. The van der Waals surface area contributed by atoms with Gasteiger partial charge in [0.05, 0.1) is 11.9 Å². The molecule has 1 aromatic carbocycles. The molecule has 0 unspecified atom stereocenters. The second-order valence-corrected chi connectivity index (χ2v) is 6.52. The molecule has 0 bridgehead atoms. The molecule has 2 rings (SSSR count). The van der Waals surface area contributed by atoms with Gasteiger partial charge in [0.2, 0.25) is 11.8 Å². The van der Waals surface area contributed by atoms with Gasteiger partial charge in [-0.3, -0.25) is 9.59 Å². The van der Waals surface area contributed by atoms with E-state index in [2.05, 4.69) is 20.9 Å². The minimum absolute atomic E-state index is 0.0620. The van der Waals surface area contributed by atoms with Gasteiger partial charge in [0.25, 0.3) is 0 Å². The predicted octanol–water partition coefficient (Wildman–Crippen LogP) is 3.77. The maximum Gasteiger partial charge on any atom is 0.229 e. The van der Waals surface area contributed by atoms with E-state index in [-0.39, 0.29) is 11.8 Å². The van der Waals surface area contributed by atoms with E-state index in [0.29, 0.717) is 17.2 Å². The molecular weight excluding hydrogens is 304 g/mol. The fourth-order valence-corrected chi connectivity index (χ4v) is 1.89. The van der Waals surface area contributed by atoms with Gasteiger partial charge >= 0.3 is 0 Å². The van der Waals surface area contributed by atoms with Crippen LogP contribution in [0, 0.1) is 5.41 Å². The lowest BCUT2D eigenvalue weighted by molar-refractivity contribution is -0.123. The zero-order valence-corrected chi connectivity index (χ0v) is 14.3. The number of hydrogen-bond acceptors (Lipinski definition) is 4. The van der Waals surface area contributed by atoms with Crippen molar-refractivity contribution in [1.82, 2.24) is 4.98 Å². The van der Waals surface area contributed by atoms with Gasteiger partial charge < -0.3 is 16.0 Å².